The van der Waals surface area contributed by atoms with Crippen molar-refractivity contribution in [3.05, 3.63) is 51.5 Å². The molecule has 1 heterocycles. The monoisotopic (exact) mass is 260 g/mol. The minimum atomic E-state index is 0.0966. The van der Waals surface area contributed by atoms with E-state index < -0.39 is 0 Å². The van der Waals surface area contributed by atoms with Crippen molar-refractivity contribution >= 4 is 17.1 Å². The minimum Gasteiger partial charge on any atom is -0.306 e. The number of benzene rings is 1. The lowest BCUT2D eigenvalue weighted by atomic mass is 10.2. The van der Waals surface area contributed by atoms with E-state index in [2.05, 4.69) is 22.4 Å². The maximum Gasteiger partial charge on any atom is 0.171 e. The number of thiazole rings is 1. The molecule has 0 radical (unpaired) electrons. The van der Waals surface area contributed by atoms with Crippen LogP contribution in [0.25, 0.3) is 0 Å². The first-order chi connectivity index (χ1) is 8.66. The van der Waals surface area contributed by atoms with E-state index in [1.807, 2.05) is 25.1 Å². The van der Waals surface area contributed by atoms with Crippen LogP contribution >= 0.6 is 11.3 Å². The van der Waals surface area contributed by atoms with Crippen molar-refractivity contribution < 1.29 is 4.79 Å². The number of rotatable bonds is 5. The van der Waals surface area contributed by atoms with Crippen molar-refractivity contribution in [2.24, 2.45) is 0 Å². The third-order valence-electron chi connectivity index (χ3n) is 2.61. The molecule has 1 aromatic heterocycles. The van der Waals surface area contributed by atoms with Crippen LogP contribution in [0.2, 0.25) is 0 Å². The fraction of sp³-hybridized carbons (Fsp3) is 0.286. The molecule has 94 valence electrons. The highest BCUT2D eigenvalue weighted by Crippen LogP contribution is 2.18. The van der Waals surface area contributed by atoms with Gasteiger partial charge in [-0.1, -0.05) is 30.3 Å². The highest BCUT2D eigenvalue weighted by molar-refractivity contribution is 7.13. The van der Waals surface area contributed by atoms with Gasteiger partial charge in [-0.05, 0) is 12.5 Å². The number of aromatic nitrogens is 1. The number of hydrogen-bond donors (Lipinski definition) is 1. The topological polar surface area (TPSA) is 42.0 Å². The average molecular weight is 260 g/mol. The molecule has 1 N–H and O–H groups in total. The Labute approximate surface area is 111 Å². The molecule has 0 saturated carbocycles. The van der Waals surface area contributed by atoms with E-state index in [-0.39, 0.29) is 5.78 Å². The molecule has 0 amide bonds. The maximum absolute atomic E-state index is 11.3. The molecule has 2 rings (SSSR count). The van der Waals surface area contributed by atoms with E-state index in [1.165, 1.54) is 16.9 Å². The SMILES string of the molecule is CC(=O)c1sc(CNCc2ccccc2)nc1C. The van der Waals surface area contributed by atoms with Gasteiger partial charge in [0.15, 0.2) is 5.78 Å². The standard InChI is InChI=1S/C14H16N2OS/c1-10-14(11(2)17)18-13(16-10)9-15-8-12-6-4-3-5-7-12/h3-7,15H,8-9H2,1-2H3. The zero-order valence-electron chi connectivity index (χ0n) is 10.6. The number of carbonyl (C=O) groups excluding carboxylic acids is 1. The third-order valence-corrected chi connectivity index (χ3v) is 3.87. The van der Waals surface area contributed by atoms with Crippen molar-refractivity contribution in [2.75, 3.05) is 0 Å². The van der Waals surface area contributed by atoms with Gasteiger partial charge in [0.25, 0.3) is 0 Å². The second-order valence-electron chi connectivity index (χ2n) is 4.17. The lowest BCUT2D eigenvalue weighted by molar-refractivity contribution is 0.102. The molecule has 1 aromatic carbocycles. The number of ketones is 1. The van der Waals surface area contributed by atoms with Gasteiger partial charge < -0.3 is 5.32 Å². The summed E-state index contributed by atoms with van der Waals surface area (Å²) >= 11 is 1.48. The fourth-order valence-corrected chi connectivity index (χ4v) is 2.69. The summed E-state index contributed by atoms with van der Waals surface area (Å²) in [6.45, 7) is 4.98. The van der Waals surface area contributed by atoms with Crippen LogP contribution in [0.1, 0.15) is 32.9 Å². The van der Waals surface area contributed by atoms with Crippen LogP contribution in [0, 0.1) is 6.92 Å². The molecule has 0 aliphatic rings. The van der Waals surface area contributed by atoms with Crippen molar-refractivity contribution in [3.63, 3.8) is 0 Å². The molecule has 0 saturated heterocycles. The number of hydrogen-bond acceptors (Lipinski definition) is 4. The molecule has 0 aliphatic heterocycles. The van der Waals surface area contributed by atoms with Crippen molar-refractivity contribution in [1.29, 1.82) is 0 Å². The van der Waals surface area contributed by atoms with Gasteiger partial charge in [0.2, 0.25) is 0 Å². The number of carbonyl (C=O) groups is 1. The van der Waals surface area contributed by atoms with Crippen LogP contribution in [-0.4, -0.2) is 10.8 Å². The lowest BCUT2D eigenvalue weighted by Gasteiger charge is -2.01. The van der Waals surface area contributed by atoms with Crippen LogP contribution in [0.3, 0.4) is 0 Å². The summed E-state index contributed by atoms with van der Waals surface area (Å²) in [6.07, 6.45) is 0. The minimum absolute atomic E-state index is 0.0966. The Morgan fingerprint density at radius 2 is 2.00 bits per heavy atom. The summed E-state index contributed by atoms with van der Waals surface area (Å²) in [4.78, 5) is 16.5. The molecule has 0 spiro atoms. The van der Waals surface area contributed by atoms with E-state index in [9.17, 15) is 4.79 Å². The van der Waals surface area contributed by atoms with Crippen LogP contribution in [0.5, 0.6) is 0 Å². The van der Waals surface area contributed by atoms with Gasteiger partial charge in [0.1, 0.15) is 5.01 Å². The molecule has 0 unspecified atom stereocenters. The van der Waals surface area contributed by atoms with Gasteiger partial charge in [-0.15, -0.1) is 11.3 Å². The summed E-state index contributed by atoms with van der Waals surface area (Å²) in [7, 11) is 0. The smallest absolute Gasteiger partial charge is 0.171 e. The van der Waals surface area contributed by atoms with Gasteiger partial charge in [-0.25, -0.2) is 4.98 Å². The Balaban J connectivity index is 1.91. The first kappa shape index (κ1) is 12.9. The molecule has 18 heavy (non-hydrogen) atoms. The third kappa shape index (κ3) is 3.24. The maximum atomic E-state index is 11.3. The Kier molecular flexibility index (Phi) is 4.23. The quantitative estimate of drug-likeness (QED) is 0.840. The summed E-state index contributed by atoms with van der Waals surface area (Å²) in [6, 6.07) is 10.2. The zero-order valence-corrected chi connectivity index (χ0v) is 11.4. The van der Waals surface area contributed by atoms with Crippen LogP contribution in [0.4, 0.5) is 0 Å². The van der Waals surface area contributed by atoms with E-state index in [0.717, 1.165) is 22.1 Å². The first-order valence-corrected chi connectivity index (χ1v) is 6.70. The van der Waals surface area contributed by atoms with Crippen molar-refractivity contribution in [1.82, 2.24) is 10.3 Å². The van der Waals surface area contributed by atoms with E-state index >= 15 is 0 Å². The Hall–Kier alpha value is -1.52. The molecule has 4 heteroatoms. The number of nitrogens with zero attached hydrogens (tertiary/aromatic N) is 1. The van der Waals surface area contributed by atoms with Gasteiger partial charge in [-0.3, -0.25) is 4.79 Å². The Bertz CT molecular complexity index is 534. The first-order valence-electron chi connectivity index (χ1n) is 5.88. The summed E-state index contributed by atoms with van der Waals surface area (Å²) < 4.78 is 0. The van der Waals surface area contributed by atoms with Gasteiger partial charge in [0.05, 0.1) is 10.6 Å². The molecule has 0 atom stereocenters. The van der Waals surface area contributed by atoms with E-state index in [1.54, 1.807) is 6.92 Å². The number of Topliss-reactive ketones (excluding diaryl/α,β-unsaturated/α-hetero) is 1. The zero-order chi connectivity index (χ0) is 13.0. The van der Waals surface area contributed by atoms with E-state index in [0.29, 0.717) is 6.54 Å². The second-order valence-corrected chi connectivity index (χ2v) is 5.25. The summed E-state index contributed by atoms with van der Waals surface area (Å²) in [5, 5.41) is 4.30. The fourth-order valence-electron chi connectivity index (χ4n) is 1.76. The molecule has 0 fully saturated rings. The highest BCUT2D eigenvalue weighted by Gasteiger charge is 2.10. The summed E-state index contributed by atoms with van der Waals surface area (Å²) in [5.41, 5.74) is 2.08. The molecular formula is C14H16N2OS. The van der Waals surface area contributed by atoms with Gasteiger partial charge in [0, 0.05) is 20.0 Å². The molecular weight excluding hydrogens is 244 g/mol. The van der Waals surface area contributed by atoms with Crippen molar-refractivity contribution in [2.45, 2.75) is 26.9 Å². The number of nitrogens with one attached hydrogen (secondary N) is 1. The number of aryl methyl sites for hydroxylation is 1. The van der Waals surface area contributed by atoms with Gasteiger partial charge in [-0.2, -0.15) is 0 Å². The van der Waals surface area contributed by atoms with Crippen molar-refractivity contribution in [3.8, 4) is 0 Å². The molecule has 0 aliphatic carbocycles. The predicted molar refractivity (Wildman–Crippen MR) is 73.8 cm³/mol. The average Bonchev–Trinajstić information content (AvgIpc) is 2.72. The van der Waals surface area contributed by atoms with Gasteiger partial charge >= 0.3 is 0 Å². The molecule has 2 aromatic rings. The van der Waals surface area contributed by atoms with Crippen LogP contribution in [-0.2, 0) is 13.1 Å². The largest absolute Gasteiger partial charge is 0.306 e. The van der Waals surface area contributed by atoms with Crippen LogP contribution in [0.15, 0.2) is 30.3 Å². The predicted octanol–water partition coefficient (Wildman–Crippen LogP) is 2.94. The normalized spacial score (nSPS) is 10.6. The Morgan fingerprint density at radius 1 is 1.28 bits per heavy atom. The highest BCUT2D eigenvalue weighted by atomic mass is 32.1. The van der Waals surface area contributed by atoms with E-state index in [4.69, 9.17) is 0 Å². The molecule has 3 nitrogen and oxygen atoms in total. The Morgan fingerprint density at radius 3 is 2.61 bits per heavy atom. The second kappa shape index (κ2) is 5.89. The van der Waals surface area contributed by atoms with Crippen LogP contribution < -0.4 is 5.32 Å². The lowest BCUT2D eigenvalue weighted by Crippen LogP contribution is -2.12. The summed E-state index contributed by atoms with van der Waals surface area (Å²) in [5.74, 6) is 0.0966. The molecule has 0 bridgehead atoms.